The molecule has 0 spiro atoms. The van der Waals surface area contributed by atoms with Gasteiger partial charge in [-0.05, 0) is 17.4 Å². The third-order valence-corrected chi connectivity index (χ3v) is 5.48. The maximum Gasteiger partial charge on any atom is 0.422 e. The van der Waals surface area contributed by atoms with Gasteiger partial charge in [-0.1, -0.05) is 68.9 Å². The van der Waals surface area contributed by atoms with Gasteiger partial charge in [0.2, 0.25) is 0 Å². The van der Waals surface area contributed by atoms with E-state index < -0.39 is 29.2 Å². The van der Waals surface area contributed by atoms with Crippen molar-refractivity contribution in [3.05, 3.63) is 26.7 Å². The lowest BCUT2D eigenvalue weighted by Crippen LogP contribution is -2.26. The summed E-state index contributed by atoms with van der Waals surface area (Å²) in [5, 5.41) is 8.12. The molecule has 1 unspecified atom stereocenters. The van der Waals surface area contributed by atoms with Crippen molar-refractivity contribution in [2.45, 2.75) is 34.1 Å². The Morgan fingerprint density at radius 1 is 1.19 bits per heavy atom. The first-order valence-electron chi connectivity index (χ1n) is 7.72. The standard InChI is InChI=1S/C17H19Cl3O6/c1-5-17(3,4)8(2)7-25-15(23)11-12(20)9(18)6-10(19)13(11)26-16(24)14(21)22/h6,8H,5,7H2,1-4H3,(H,21,22). The molecule has 1 atom stereocenters. The Hall–Kier alpha value is -1.50. The minimum absolute atomic E-state index is 0.0231. The van der Waals surface area contributed by atoms with E-state index in [9.17, 15) is 14.4 Å². The van der Waals surface area contributed by atoms with Crippen molar-refractivity contribution < 1.29 is 29.0 Å². The second-order valence-corrected chi connectivity index (χ2v) is 7.59. The predicted molar refractivity (Wildman–Crippen MR) is 98.3 cm³/mol. The van der Waals surface area contributed by atoms with Crippen molar-refractivity contribution in [2.24, 2.45) is 11.3 Å². The molecule has 26 heavy (non-hydrogen) atoms. The van der Waals surface area contributed by atoms with E-state index in [2.05, 4.69) is 4.74 Å². The molecule has 6 nitrogen and oxygen atoms in total. The molecule has 1 rings (SSSR count). The lowest BCUT2D eigenvalue weighted by Gasteiger charge is -2.30. The molecule has 0 radical (unpaired) electrons. The van der Waals surface area contributed by atoms with Crippen molar-refractivity contribution in [2.75, 3.05) is 6.61 Å². The summed E-state index contributed by atoms with van der Waals surface area (Å²) in [6.07, 6.45) is 0.872. The van der Waals surface area contributed by atoms with Crippen LogP contribution < -0.4 is 4.74 Å². The smallest absolute Gasteiger partial charge is 0.422 e. The molecule has 144 valence electrons. The maximum absolute atomic E-state index is 12.5. The number of aliphatic carboxylic acids is 1. The number of hydrogen-bond acceptors (Lipinski definition) is 5. The Morgan fingerprint density at radius 3 is 2.27 bits per heavy atom. The first-order chi connectivity index (χ1) is 11.9. The molecule has 0 saturated heterocycles. The number of rotatable bonds is 6. The number of halogens is 3. The highest BCUT2D eigenvalue weighted by Gasteiger charge is 2.30. The zero-order chi connectivity index (χ0) is 20.2. The summed E-state index contributed by atoms with van der Waals surface area (Å²) in [4.78, 5) is 34.6. The quantitative estimate of drug-likeness (QED) is 0.303. The van der Waals surface area contributed by atoms with Gasteiger partial charge in [-0.25, -0.2) is 14.4 Å². The summed E-state index contributed by atoms with van der Waals surface area (Å²) in [6.45, 7) is 8.10. The average Bonchev–Trinajstić information content (AvgIpc) is 2.56. The third-order valence-electron chi connectivity index (χ3n) is 4.41. The van der Waals surface area contributed by atoms with Crippen LogP contribution in [-0.2, 0) is 14.3 Å². The van der Waals surface area contributed by atoms with Gasteiger partial charge >= 0.3 is 17.9 Å². The highest BCUT2D eigenvalue weighted by Crippen LogP contribution is 2.40. The Labute approximate surface area is 166 Å². The molecule has 0 saturated carbocycles. The third kappa shape index (κ3) is 5.25. The number of carboxylic acids is 1. The van der Waals surface area contributed by atoms with Crippen LogP contribution in [0, 0.1) is 11.3 Å². The van der Waals surface area contributed by atoms with Gasteiger partial charge in [0.05, 0.1) is 21.7 Å². The fraction of sp³-hybridized carbons (Fsp3) is 0.471. The monoisotopic (exact) mass is 424 g/mol. The number of carbonyl (C=O) groups is 3. The predicted octanol–water partition coefficient (Wildman–Crippen LogP) is 4.87. The van der Waals surface area contributed by atoms with Crippen molar-refractivity contribution in [3.63, 3.8) is 0 Å². The number of esters is 2. The minimum atomic E-state index is -1.86. The number of carboxylic acid groups (broad SMARTS) is 1. The summed E-state index contributed by atoms with van der Waals surface area (Å²) < 4.78 is 9.95. The van der Waals surface area contributed by atoms with Crippen molar-refractivity contribution in [1.82, 2.24) is 0 Å². The molecule has 0 bridgehead atoms. The van der Waals surface area contributed by atoms with Gasteiger partial charge in [-0.3, -0.25) is 0 Å². The Morgan fingerprint density at radius 2 is 1.77 bits per heavy atom. The molecular weight excluding hydrogens is 407 g/mol. The molecule has 0 fully saturated rings. The zero-order valence-electron chi connectivity index (χ0n) is 14.7. The second-order valence-electron chi connectivity index (χ2n) is 6.39. The first-order valence-corrected chi connectivity index (χ1v) is 8.85. The van der Waals surface area contributed by atoms with Gasteiger partial charge in [0.15, 0.2) is 5.75 Å². The van der Waals surface area contributed by atoms with Gasteiger partial charge < -0.3 is 14.6 Å². The van der Waals surface area contributed by atoms with E-state index in [1.807, 2.05) is 27.7 Å². The molecule has 1 aromatic carbocycles. The molecule has 0 amide bonds. The van der Waals surface area contributed by atoms with Crippen LogP contribution >= 0.6 is 34.8 Å². The average molecular weight is 426 g/mol. The topological polar surface area (TPSA) is 89.9 Å². The van der Waals surface area contributed by atoms with E-state index in [-0.39, 0.29) is 33.0 Å². The summed E-state index contributed by atoms with van der Waals surface area (Å²) in [5.74, 6) is -4.90. The normalized spacial score (nSPS) is 12.4. The van der Waals surface area contributed by atoms with Crippen LogP contribution in [0.3, 0.4) is 0 Å². The van der Waals surface area contributed by atoms with Gasteiger partial charge in [0.25, 0.3) is 0 Å². The second kappa shape index (κ2) is 8.93. The van der Waals surface area contributed by atoms with Crippen molar-refractivity contribution in [1.29, 1.82) is 0 Å². The Bertz CT molecular complexity index is 730. The highest BCUT2D eigenvalue weighted by molar-refractivity contribution is 6.46. The summed E-state index contributed by atoms with van der Waals surface area (Å²) in [5.41, 5.74) is -0.477. The lowest BCUT2D eigenvalue weighted by atomic mass is 9.78. The van der Waals surface area contributed by atoms with Crippen molar-refractivity contribution in [3.8, 4) is 5.75 Å². The highest BCUT2D eigenvalue weighted by atomic mass is 35.5. The molecular formula is C17H19Cl3O6. The van der Waals surface area contributed by atoms with Gasteiger partial charge in [0.1, 0.15) is 5.56 Å². The van der Waals surface area contributed by atoms with Gasteiger partial charge in [-0.2, -0.15) is 0 Å². The number of carbonyl (C=O) groups excluding carboxylic acids is 2. The zero-order valence-corrected chi connectivity index (χ0v) is 17.0. The maximum atomic E-state index is 12.5. The molecule has 0 aliphatic carbocycles. The van der Waals surface area contributed by atoms with E-state index in [1.165, 1.54) is 0 Å². The molecule has 0 heterocycles. The van der Waals surface area contributed by atoms with E-state index >= 15 is 0 Å². The molecule has 0 aliphatic heterocycles. The van der Waals surface area contributed by atoms with Crippen LogP contribution in [0.4, 0.5) is 0 Å². The molecule has 1 N–H and O–H groups in total. The van der Waals surface area contributed by atoms with Gasteiger partial charge in [-0.15, -0.1) is 0 Å². The largest absolute Gasteiger partial charge is 0.473 e. The number of hydrogen-bond donors (Lipinski definition) is 1. The lowest BCUT2D eigenvalue weighted by molar-refractivity contribution is -0.158. The van der Waals surface area contributed by atoms with Crippen LogP contribution in [0.5, 0.6) is 5.75 Å². The summed E-state index contributed by atoms with van der Waals surface area (Å²) in [7, 11) is 0. The van der Waals surface area contributed by atoms with Crippen LogP contribution in [0.2, 0.25) is 15.1 Å². The molecule has 1 aromatic rings. The Kier molecular flexibility index (Phi) is 7.74. The Balaban J connectivity index is 3.18. The first kappa shape index (κ1) is 22.5. The number of benzene rings is 1. The van der Waals surface area contributed by atoms with Gasteiger partial charge in [0, 0.05) is 0 Å². The fourth-order valence-electron chi connectivity index (χ4n) is 1.84. The summed E-state index contributed by atoms with van der Waals surface area (Å²) in [6, 6.07) is 1.13. The van der Waals surface area contributed by atoms with Crippen LogP contribution in [0.15, 0.2) is 6.07 Å². The van der Waals surface area contributed by atoms with E-state index in [4.69, 9.17) is 44.6 Å². The van der Waals surface area contributed by atoms with E-state index in [0.29, 0.717) is 0 Å². The minimum Gasteiger partial charge on any atom is -0.473 e. The van der Waals surface area contributed by atoms with Crippen LogP contribution in [0.25, 0.3) is 0 Å². The van der Waals surface area contributed by atoms with Crippen molar-refractivity contribution >= 4 is 52.7 Å². The fourth-order valence-corrected chi connectivity index (χ4v) is 2.56. The SMILES string of the molecule is CCC(C)(C)C(C)COC(=O)c1c(Cl)c(Cl)cc(Cl)c1OC(=O)C(=O)O. The van der Waals surface area contributed by atoms with Crippen LogP contribution in [0.1, 0.15) is 44.5 Å². The molecule has 0 aliphatic rings. The molecule has 0 aromatic heterocycles. The van der Waals surface area contributed by atoms with E-state index in [0.717, 1.165) is 12.5 Å². The molecule has 9 heteroatoms. The summed E-state index contributed by atoms with van der Waals surface area (Å²) >= 11 is 17.9. The van der Waals surface area contributed by atoms with Crippen LogP contribution in [-0.4, -0.2) is 29.6 Å². The number of ether oxygens (including phenoxy) is 2. The van der Waals surface area contributed by atoms with E-state index in [1.54, 1.807) is 0 Å².